The van der Waals surface area contributed by atoms with Gasteiger partial charge in [-0.2, -0.15) is 5.26 Å². The highest BCUT2D eigenvalue weighted by Gasteiger charge is 2.16. The number of H-pyrrole nitrogens is 1. The molecule has 1 rings (SSSR count). The minimum Gasteiger partial charge on any atom is -0.359 e. The lowest BCUT2D eigenvalue weighted by Crippen LogP contribution is -2.13. The van der Waals surface area contributed by atoms with Crippen molar-refractivity contribution in [3.63, 3.8) is 0 Å². The summed E-state index contributed by atoms with van der Waals surface area (Å²) in [7, 11) is 0. The Kier molecular flexibility index (Phi) is 3.36. The van der Waals surface area contributed by atoms with Crippen molar-refractivity contribution in [3.05, 3.63) is 32.2 Å². The van der Waals surface area contributed by atoms with E-state index in [9.17, 15) is 13.6 Å². The van der Waals surface area contributed by atoms with Crippen LogP contribution in [0, 0.1) is 11.3 Å². The monoisotopic (exact) mass is 262 g/mol. The fourth-order valence-corrected chi connectivity index (χ4v) is 1.47. The Hall–Kier alpha value is -1.22. The summed E-state index contributed by atoms with van der Waals surface area (Å²) in [6, 6.07) is 1.77. The fourth-order valence-electron chi connectivity index (χ4n) is 0.932. The van der Waals surface area contributed by atoms with Gasteiger partial charge in [0.2, 0.25) is 0 Å². The van der Waals surface area contributed by atoms with Crippen molar-refractivity contribution >= 4 is 15.9 Å². The third-order valence-electron chi connectivity index (χ3n) is 1.62. The molecule has 3 nitrogen and oxygen atoms in total. The van der Waals surface area contributed by atoms with Gasteiger partial charge in [-0.05, 0) is 15.9 Å². The van der Waals surface area contributed by atoms with Gasteiger partial charge < -0.3 is 4.98 Å². The van der Waals surface area contributed by atoms with Crippen LogP contribution in [-0.2, 0) is 6.42 Å². The Morgan fingerprint density at radius 1 is 1.64 bits per heavy atom. The van der Waals surface area contributed by atoms with Crippen molar-refractivity contribution in [1.82, 2.24) is 4.98 Å². The van der Waals surface area contributed by atoms with Gasteiger partial charge in [0, 0.05) is 11.8 Å². The molecule has 0 unspecified atom stereocenters. The van der Waals surface area contributed by atoms with Crippen LogP contribution in [-0.4, -0.2) is 4.98 Å². The van der Waals surface area contributed by atoms with E-state index in [-0.39, 0.29) is 16.5 Å². The predicted octanol–water partition coefficient (Wildman–Crippen LogP) is 2.14. The molecule has 1 aromatic rings. The number of aromatic amines is 1. The zero-order valence-electron chi connectivity index (χ0n) is 6.85. The summed E-state index contributed by atoms with van der Waals surface area (Å²) in [5.41, 5.74) is -0.860. The first-order chi connectivity index (χ1) is 6.57. The summed E-state index contributed by atoms with van der Waals surface area (Å²) in [4.78, 5) is 13.6. The van der Waals surface area contributed by atoms with Gasteiger partial charge in [-0.1, -0.05) is 0 Å². The van der Waals surface area contributed by atoms with Gasteiger partial charge in [-0.25, -0.2) is 8.78 Å². The van der Waals surface area contributed by atoms with Gasteiger partial charge in [-0.15, -0.1) is 0 Å². The van der Waals surface area contributed by atoms with Crippen LogP contribution < -0.4 is 5.43 Å². The lowest BCUT2D eigenvalue weighted by atomic mass is 10.2. The van der Waals surface area contributed by atoms with Crippen molar-refractivity contribution in [2.45, 2.75) is 12.8 Å². The molecular formula is C8H5BrF2N2O. The summed E-state index contributed by atoms with van der Waals surface area (Å²) >= 11 is 2.77. The third-order valence-corrected chi connectivity index (χ3v) is 2.40. The molecule has 0 fully saturated rings. The summed E-state index contributed by atoms with van der Waals surface area (Å²) < 4.78 is 24.3. The van der Waals surface area contributed by atoms with E-state index in [0.717, 1.165) is 6.20 Å². The van der Waals surface area contributed by atoms with Gasteiger partial charge in [0.05, 0.1) is 17.0 Å². The zero-order valence-corrected chi connectivity index (χ0v) is 8.44. The third kappa shape index (κ3) is 1.99. The molecule has 0 saturated carbocycles. The second-order valence-electron chi connectivity index (χ2n) is 2.51. The van der Waals surface area contributed by atoms with Gasteiger partial charge in [0.15, 0.2) is 5.43 Å². The minimum atomic E-state index is -2.74. The molecule has 0 aliphatic carbocycles. The van der Waals surface area contributed by atoms with Crippen LogP contribution in [0.3, 0.4) is 0 Å². The quantitative estimate of drug-likeness (QED) is 0.888. The van der Waals surface area contributed by atoms with E-state index in [2.05, 4.69) is 20.9 Å². The van der Waals surface area contributed by atoms with E-state index in [1.165, 1.54) is 0 Å². The molecule has 0 aromatic carbocycles. The topological polar surface area (TPSA) is 56.6 Å². The molecule has 0 aliphatic heterocycles. The second-order valence-corrected chi connectivity index (χ2v) is 3.30. The number of hydrogen-bond acceptors (Lipinski definition) is 2. The molecule has 0 spiro atoms. The molecule has 0 radical (unpaired) electrons. The van der Waals surface area contributed by atoms with Crippen LogP contribution in [0.15, 0.2) is 15.5 Å². The maximum Gasteiger partial charge on any atom is 0.279 e. The number of rotatable bonds is 2. The number of nitriles is 1. The summed E-state index contributed by atoms with van der Waals surface area (Å²) in [5.74, 6) is 0. The Balaban J connectivity index is 3.28. The van der Waals surface area contributed by atoms with Crippen LogP contribution in [0.25, 0.3) is 0 Å². The molecule has 14 heavy (non-hydrogen) atoms. The number of aromatic nitrogens is 1. The number of halogens is 3. The van der Waals surface area contributed by atoms with Crippen molar-refractivity contribution < 1.29 is 8.78 Å². The zero-order chi connectivity index (χ0) is 10.7. The molecule has 0 amide bonds. The fraction of sp³-hybridized carbons (Fsp3) is 0.250. The number of hydrogen-bond donors (Lipinski definition) is 1. The van der Waals surface area contributed by atoms with Crippen molar-refractivity contribution in [1.29, 1.82) is 5.26 Å². The first-order valence-electron chi connectivity index (χ1n) is 3.63. The van der Waals surface area contributed by atoms with Crippen molar-refractivity contribution in [3.8, 4) is 6.07 Å². The smallest absolute Gasteiger partial charge is 0.279 e. The summed E-state index contributed by atoms with van der Waals surface area (Å²) in [6.07, 6.45) is -1.71. The Labute approximate surface area is 86.5 Å². The van der Waals surface area contributed by atoms with Gasteiger partial charge >= 0.3 is 0 Å². The average Bonchev–Trinajstić information content (AvgIpc) is 2.13. The number of nitrogens with zero attached hydrogens (tertiary/aromatic N) is 1. The van der Waals surface area contributed by atoms with Crippen molar-refractivity contribution in [2.75, 3.05) is 0 Å². The Bertz CT molecular complexity index is 436. The highest BCUT2D eigenvalue weighted by atomic mass is 79.9. The molecule has 1 aromatic heterocycles. The van der Waals surface area contributed by atoms with E-state index in [1.54, 1.807) is 6.07 Å². The number of nitrogens with one attached hydrogen (secondary N) is 1. The number of pyridine rings is 1. The van der Waals surface area contributed by atoms with Gasteiger partial charge in [0.25, 0.3) is 6.43 Å². The van der Waals surface area contributed by atoms with Crippen LogP contribution >= 0.6 is 15.9 Å². The van der Waals surface area contributed by atoms with Crippen LogP contribution in [0.5, 0.6) is 0 Å². The molecule has 6 heteroatoms. The lowest BCUT2D eigenvalue weighted by Gasteiger charge is -2.03. The van der Waals surface area contributed by atoms with Crippen LogP contribution in [0.1, 0.15) is 17.7 Å². The first kappa shape index (κ1) is 10.9. The largest absolute Gasteiger partial charge is 0.359 e. The van der Waals surface area contributed by atoms with E-state index in [4.69, 9.17) is 5.26 Å². The SMILES string of the molecule is N#CCc1c[nH]c(C(F)F)c(Br)c1=O. The molecular weight excluding hydrogens is 258 g/mol. The van der Waals surface area contributed by atoms with Gasteiger partial charge in [-0.3, -0.25) is 4.79 Å². The Morgan fingerprint density at radius 3 is 2.79 bits per heavy atom. The normalized spacial score (nSPS) is 10.2. The van der Waals surface area contributed by atoms with Gasteiger partial charge in [0.1, 0.15) is 5.69 Å². The summed E-state index contributed by atoms with van der Waals surface area (Å²) in [5, 5.41) is 8.35. The van der Waals surface area contributed by atoms with E-state index >= 15 is 0 Å². The maximum atomic E-state index is 12.3. The van der Waals surface area contributed by atoms with E-state index in [0.29, 0.717) is 0 Å². The van der Waals surface area contributed by atoms with Crippen LogP contribution in [0.4, 0.5) is 8.78 Å². The molecule has 0 atom stereocenters. The first-order valence-corrected chi connectivity index (χ1v) is 4.42. The van der Waals surface area contributed by atoms with Crippen molar-refractivity contribution in [2.24, 2.45) is 0 Å². The standard InChI is InChI=1S/C8H5BrF2N2O/c9-5-6(8(10)11)13-3-4(1-2-12)7(5)14/h3,8H,1H2,(H,13,14). The predicted molar refractivity (Wildman–Crippen MR) is 49.0 cm³/mol. The lowest BCUT2D eigenvalue weighted by molar-refractivity contribution is 0.145. The highest BCUT2D eigenvalue weighted by Crippen LogP contribution is 2.22. The molecule has 0 bridgehead atoms. The van der Waals surface area contributed by atoms with Crippen LogP contribution in [0.2, 0.25) is 0 Å². The number of alkyl halides is 2. The Morgan fingerprint density at radius 2 is 2.29 bits per heavy atom. The molecule has 1 N–H and O–H groups in total. The van der Waals surface area contributed by atoms with E-state index < -0.39 is 17.5 Å². The molecule has 74 valence electrons. The molecule has 1 heterocycles. The second kappa shape index (κ2) is 4.33. The van der Waals surface area contributed by atoms with E-state index in [1.807, 2.05) is 0 Å². The highest BCUT2D eigenvalue weighted by molar-refractivity contribution is 9.10. The molecule has 0 aliphatic rings. The minimum absolute atomic E-state index is 0.0998. The molecule has 0 saturated heterocycles. The summed E-state index contributed by atoms with van der Waals surface area (Å²) in [6.45, 7) is 0. The average molecular weight is 263 g/mol. The maximum absolute atomic E-state index is 12.3.